The Balaban J connectivity index is 1.24. The molecular weight excluding hydrogens is 694 g/mol. The summed E-state index contributed by atoms with van der Waals surface area (Å²) in [4.78, 5) is 15.1. The van der Waals surface area contributed by atoms with Crippen LogP contribution in [0.15, 0.2) is 133 Å². The second-order valence-corrected chi connectivity index (χ2v) is 13.6. The number of halogens is 1. The molecule has 3 aromatic heterocycles. The van der Waals surface area contributed by atoms with Gasteiger partial charge in [-0.05, 0) is 49.1 Å². The van der Waals surface area contributed by atoms with E-state index in [0.29, 0.717) is 17.5 Å². The van der Waals surface area contributed by atoms with E-state index in [1.54, 1.807) is 11.3 Å². The molecule has 0 aliphatic rings. The lowest BCUT2D eigenvalue weighted by atomic mass is 9.81. The summed E-state index contributed by atoms with van der Waals surface area (Å²) in [5.74, 6) is 2.03. The molecule has 8 rings (SSSR count). The lowest BCUT2D eigenvalue weighted by Crippen LogP contribution is -2.31. The zero-order valence-electron chi connectivity index (χ0n) is 25.4. The van der Waals surface area contributed by atoms with Crippen LogP contribution in [0.2, 0.25) is 0 Å². The highest BCUT2D eigenvalue weighted by Gasteiger charge is 2.22. The molecule has 0 aliphatic carbocycles. The van der Waals surface area contributed by atoms with Crippen molar-refractivity contribution in [3.8, 4) is 22.8 Å². The first-order chi connectivity index (χ1) is 22.6. The molecule has 0 saturated heterocycles. The van der Waals surface area contributed by atoms with Crippen molar-refractivity contribution in [2.75, 3.05) is 0 Å². The van der Waals surface area contributed by atoms with Gasteiger partial charge in [-0.1, -0.05) is 109 Å². The number of thiophene rings is 1. The van der Waals surface area contributed by atoms with Crippen LogP contribution in [0.3, 0.4) is 0 Å². The van der Waals surface area contributed by atoms with Crippen LogP contribution in [0.25, 0.3) is 70.3 Å². The molecule has 0 radical (unpaired) electrons. The first kappa shape index (κ1) is 28.8. The Hall–Kier alpha value is -4.60. The van der Waals surface area contributed by atoms with Gasteiger partial charge >= 0.3 is 4.70 Å². The Morgan fingerprint density at radius 2 is 1.33 bits per heavy atom. The highest BCUT2D eigenvalue weighted by molar-refractivity contribution is 14.1. The minimum Gasteiger partial charge on any atom is -0.371 e. The van der Waals surface area contributed by atoms with Crippen LogP contribution in [0, 0.1) is 0 Å². The van der Waals surface area contributed by atoms with Crippen LogP contribution >= 0.6 is 33.7 Å². The fourth-order valence-corrected chi connectivity index (χ4v) is 8.40. The summed E-state index contributed by atoms with van der Waals surface area (Å²) < 4.78 is 4.99. The lowest BCUT2D eigenvalue weighted by Gasteiger charge is -2.13. The lowest BCUT2D eigenvalue weighted by molar-refractivity contribution is 1.03. The molecule has 0 bridgehead atoms. The SMILES string of the molecule is C/C=C\C=C(/C)c1nc(-c2ccc(B(I)n3c4ccccc4c4ccccc43)cc2)nc(-c2cccc3c2sc2ccccc23)n1. The van der Waals surface area contributed by atoms with Gasteiger partial charge in [0.1, 0.15) is 0 Å². The topological polar surface area (TPSA) is 43.6 Å². The van der Waals surface area contributed by atoms with Gasteiger partial charge in [0.15, 0.2) is 17.5 Å². The van der Waals surface area contributed by atoms with Crippen LogP contribution in [0.4, 0.5) is 0 Å². The summed E-state index contributed by atoms with van der Waals surface area (Å²) in [6, 6.07) is 41.0. The average molecular weight is 722 g/mol. The third-order valence-corrected chi connectivity index (χ3v) is 11.0. The molecule has 4 nitrogen and oxygen atoms in total. The number of nitrogens with zero attached hydrogens (tertiary/aromatic N) is 4. The van der Waals surface area contributed by atoms with Crippen molar-refractivity contribution < 1.29 is 0 Å². The van der Waals surface area contributed by atoms with Crippen LogP contribution in [0.1, 0.15) is 19.7 Å². The number of benzene rings is 5. The van der Waals surface area contributed by atoms with Crippen LogP contribution in [0.5, 0.6) is 0 Å². The van der Waals surface area contributed by atoms with Gasteiger partial charge in [-0.25, -0.2) is 15.0 Å². The van der Waals surface area contributed by atoms with Gasteiger partial charge in [-0.2, -0.15) is 0 Å². The van der Waals surface area contributed by atoms with E-state index in [0.717, 1.165) is 16.7 Å². The van der Waals surface area contributed by atoms with Gasteiger partial charge in [-0.15, -0.1) is 33.7 Å². The third-order valence-electron chi connectivity index (χ3n) is 8.46. The molecule has 0 saturated carbocycles. The van der Waals surface area contributed by atoms with Gasteiger partial charge < -0.3 is 4.48 Å². The molecule has 0 aliphatic heterocycles. The molecule has 5 aromatic carbocycles. The van der Waals surface area contributed by atoms with Gasteiger partial charge in [0.05, 0.1) is 0 Å². The molecule has 46 heavy (non-hydrogen) atoms. The zero-order valence-corrected chi connectivity index (χ0v) is 28.3. The summed E-state index contributed by atoms with van der Waals surface area (Å²) in [6.45, 7) is 4.07. The van der Waals surface area contributed by atoms with E-state index >= 15 is 0 Å². The van der Waals surface area contributed by atoms with Crippen molar-refractivity contribution in [1.29, 1.82) is 0 Å². The number of aromatic nitrogens is 4. The van der Waals surface area contributed by atoms with E-state index in [1.807, 2.05) is 19.1 Å². The molecule has 0 unspecified atom stereocenters. The molecular formula is C39H28BIN4S. The van der Waals surface area contributed by atoms with E-state index < -0.39 is 0 Å². The number of fused-ring (bicyclic) bond motifs is 6. The highest BCUT2D eigenvalue weighted by Crippen LogP contribution is 2.39. The standard InChI is InChI=1S/C39H28BIN4S/c1-3-4-12-25(2)37-42-38(44-39(43-37)32-17-11-16-31-30-15-7-10-20-35(30)46-36(31)32)26-21-23-27(24-22-26)40(41)45-33-18-8-5-13-28(33)29-14-6-9-19-34(29)45/h3-24H,1-2H3/b4-3-,25-12+. The Morgan fingerprint density at radius 3 is 2.04 bits per heavy atom. The third kappa shape index (κ3) is 4.95. The molecule has 8 aromatic rings. The van der Waals surface area contributed by atoms with Crippen LogP contribution in [-0.4, -0.2) is 24.1 Å². The summed E-state index contributed by atoms with van der Waals surface area (Å²) in [5.41, 5.74) is 6.65. The number of allylic oxidation sites excluding steroid dienone is 4. The van der Waals surface area contributed by atoms with Crippen molar-refractivity contribution in [1.82, 2.24) is 19.4 Å². The fraction of sp³-hybridized carbons (Fsp3) is 0.0513. The molecule has 220 valence electrons. The van der Waals surface area contributed by atoms with E-state index in [-0.39, 0.29) is 4.70 Å². The Labute approximate surface area is 285 Å². The van der Waals surface area contributed by atoms with Gasteiger partial charge in [-0.3, -0.25) is 0 Å². The molecule has 0 N–H and O–H groups in total. The molecule has 0 atom stereocenters. The monoisotopic (exact) mass is 722 g/mol. The van der Waals surface area contributed by atoms with Crippen molar-refractivity contribution in [3.05, 3.63) is 139 Å². The maximum atomic E-state index is 5.10. The van der Waals surface area contributed by atoms with E-state index in [9.17, 15) is 0 Å². The van der Waals surface area contributed by atoms with Crippen LogP contribution < -0.4 is 5.46 Å². The predicted molar refractivity (Wildman–Crippen MR) is 206 cm³/mol. The van der Waals surface area contributed by atoms with Gasteiger partial charge in [0.25, 0.3) is 0 Å². The molecule has 0 amide bonds. The smallest absolute Gasteiger partial charge is 0.366 e. The molecule has 3 heterocycles. The fourth-order valence-electron chi connectivity index (χ4n) is 6.18. The number of hydrogen-bond acceptors (Lipinski definition) is 4. The summed E-state index contributed by atoms with van der Waals surface area (Å²) in [7, 11) is 0. The second kappa shape index (κ2) is 12.0. The predicted octanol–water partition coefficient (Wildman–Crippen LogP) is 10.3. The first-order valence-electron chi connectivity index (χ1n) is 15.3. The summed E-state index contributed by atoms with van der Waals surface area (Å²) in [6.07, 6.45) is 6.09. The maximum absolute atomic E-state index is 5.10. The minimum atomic E-state index is 0.109. The number of rotatable bonds is 6. The first-order valence-corrected chi connectivity index (χ1v) is 17.4. The summed E-state index contributed by atoms with van der Waals surface area (Å²) in [5, 5.41) is 5.04. The molecule has 0 spiro atoms. The summed E-state index contributed by atoms with van der Waals surface area (Å²) >= 11 is 4.34. The van der Waals surface area contributed by atoms with Crippen LogP contribution in [-0.2, 0) is 0 Å². The van der Waals surface area contributed by atoms with Crippen molar-refractivity contribution in [2.45, 2.75) is 13.8 Å². The number of para-hydroxylation sites is 2. The van der Waals surface area contributed by atoms with E-state index in [1.165, 1.54) is 47.4 Å². The quantitative estimate of drug-likeness (QED) is 0.0975. The maximum Gasteiger partial charge on any atom is 0.366 e. The van der Waals surface area contributed by atoms with Gasteiger partial charge in [0.2, 0.25) is 0 Å². The second-order valence-electron chi connectivity index (χ2n) is 11.3. The van der Waals surface area contributed by atoms with Gasteiger partial charge in [0, 0.05) is 53.1 Å². The minimum absolute atomic E-state index is 0.109. The molecule has 7 heteroatoms. The normalized spacial score (nSPS) is 12.3. The van der Waals surface area contributed by atoms with Crippen molar-refractivity contribution in [2.24, 2.45) is 0 Å². The highest BCUT2D eigenvalue weighted by atomic mass is 127. The zero-order chi connectivity index (χ0) is 31.2. The number of hydrogen-bond donors (Lipinski definition) is 0. The Morgan fingerprint density at radius 1 is 0.696 bits per heavy atom. The van der Waals surface area contributed by atoms with Crippen molar-refractivity contribution >= 4 is 91.4 Å². The van der Waals surface area contributed by atoms with Crippen molar-refractivity contribution in [3.63, 3.8) is 0 Å². The van der Waals surface area contributed by atoms with E-state index in [4.69, 9.17) is 15.0 Å². The average Bonchev–Trinajstić information content (AvgIpc) is 3.66. The Kier molecular flexibility index (Phi) is 7.51. The largest absolute Gasteiger partial charge is 0.371 e. The Bertz CT molecular complexity index is 2420. The van der Waals surface area contributed by atoms with E-state index in [2.05, 4.69) is 155 Å². The molecule has 0 fully saturated rings.